The third-order valence-electron chi connectivity index (χ3n) is 2.29. The molecule has 0 bridgehead atoms. The van der Waals surface area contributed by atoms with Crippen LogP contribution < -0.4 is 11.1 Å². The van der Waals surface area contributed by atoms with Crippen molar-refractivity contribution in [2.24, 2.45) is 5.73 Å². The summed E-state index contributed by atoms with van der Waals surface area (Å²) in [4.78, 5) is 11.5. The molecule has 0 saturated heterocycles. The molecule has 0 aliphatic heterocycles. The Bertz CT molecular complexity index is 489. The molecule has 0 unspecified atom stereocenters. The van der Waals surface area contributed by atoms with Crippen molar-refractivity contribution in [1.29, 1.82) is 5.26 Å². The number of rotatable bonds is 5. The maximum atomic E-state index is 11.5. The van der Waals surface area contributed by atoms with Gasteiger partial charge in [0, 0.05) is 23.6 Å². The Morgan fingerprint density at radius 3 is 2.61 bits per heavy atom. The maximum Gasteiger partial charge on any atom is 0.224 e. The van der Waals surface area contributed by atoms with Gasteiger partial charge in [-0.05, 0) is 43.7 Å². The van der Waals surface area contributed by atoms with E-state index < -0.39 is 0 Å². The fraction of sp³-hybridized carbons (Fsp3) is 0.286. The average Bonchev–Trinajstić information content (AvgIpc) is 2.38. The molecule has 1 aromatic carbocycles. The van der Waals surface area contributed by atoms with Crippen LogP contribution >= 0.6 is 0 Å². The predicted molar refractivity (Wildman–Crippen MR) is 70.5 cm³/mol. The van der Waals surface area contributed by atoms with E-state index >= 15 is 0 Å². The van der Waals surface area contributed by atoms with E-state index in [-0.39, 0.29) is 5.91 Å². The second-order valence-corrected chi connectivity index (χ2v) is 3.73. The molecule has 0 aromatic heterocycles. The third-order valence-corrected chi connectivity index (χ3v) is 2.29. The van der Waals surface area contributed by atoms with Gasteiger partial charge in [0.15, 0.2) is 6.07 Å². The van der Waals surface area contributed by atoms with E-state index in [0.29, 0.717) is 13.0 Å². The number of carbonyl (C=O) groups excluding carboxylic acids is 1. The average molecular weight is 241 g/mol. The number of hydrogen-bond donors (Lipinski definition) is 2. The monoisotopic (exact) mass is 241 g/mol. The molecule has 0 heterocycles. The molecule has 1 rings (SSSR count). The quantitative estimate of drug-likeness (QED) is 0.607. The SMILES string of the molecule is N#CC#Cc1ccc(NC(=O)CCCCN)cc1. The van der Waals surface area contributed by atoms with E-state index in [1.807, 2.05) is 0 Å². The number of benzene rings is 1. The molecule has 1 amide bonds. The summed E-state index contributed by atoms with van der Waals surface area (Å²) in [6, 6.07) is 8.81. The summed E-state index contributed by atoms with van der Waals surface area (Å²) in [5, 5.41) is 11.1. The van der Waals surface area contributed by atoms with Gasteiger partial charge in [0.25, 0.3) is 0 Å². The first kappa shape index (κ1) is 13.8. The second-order valence-electron chi connectivity index (χ2n) is 3.73. The number of carbonyl (C=O) groups is 1. The van der Waals surface area contributed by atoms with Crippen LogP contribution in [0.3, 0.4) is 0 Å². The lowest BCUT2D eigenvalue weighted by Gasteiger charge is -2.04. The summed E-state index contributed by atoms with van der Waals surface area (Å²) in [5.74, 6) is 4.98. The van der Waals surface area contributed by atoms with E-state index in [9.17, 15) is 4.79 Å². The first-order valence-corrected chi connectivity index (χ1v) is 5.76. The van der Waals surface area contributed by atoms with Gasteiger partial charge in [-0.15, -0.1) is 0 Å². The molecule has 3 N–H and O–H groups in total. The minimum absolute atomic E-state index is 0.0145. The van der Waals surface area contributed by atoms with Crippen molar-refractivity contribution < 1.29 is 4.79 Å². The van der Waals surface area contributed by atoms with Crippen molar-refractivity contribution >= 4 is 11.6 Å². The summed E-state index contributed by atoms with van der Waals surface area (Å²) in [5.41, 5.74) is 6.84. The molecular formula is C14H15N3O. The number of unbranched alkanes of at least 4 members (excludes halogenated alkanes) is 1. The smallest absolute Gasteiger partial charge is 0.224 e. The fourth-order valence-electron chi connectivity index (χ4n) is 1.39. The van der Waals surface area contributed by atoms with Crippen LogP contribution in [-0.2, 0) is 4.79 Å². The molecule has 4 nitrogen and oxygen atoms in total. The number of amides is 1. The summed E-state index contributed by atoms with van der Waals surface area (Å²) in [7, 11) is 0. The largest absolute Gasteiger partial charge is 0.330 e. The summed E-state index contributed by atoms with van der Waals surface area (Å²) in [6.07, 6.45) is 2.14. The van der Waals surface area contributed by atoms with E-state index in [2.05, 4.69) is 17.2 Å². The van der Waals surface area contributed by atoms with E-state index in [1.54, 1.807) is 30.3 Å². The molecule has 0 saturated carbocycles. The summed E-state index contributed by atoms with van der Waals surface area (Å²) in [6.45, 7) is 0.611. The second kappa shape index (κ2) is 7.89. The standard InChI is InChI=1S/C14H15N3O/c15-10-2-1-5-14(18)17-13-8-6-12(7-9-13)4-3-11-16/h6-9H,1-2,5,10,15H2,(H,17,18). The first-order chi connectivity index (χ1) is 8.76. The van der Waals surface area contributed by atoms with Crippen LogP contribution in [-0.4, -0.2) is 12.5 Å². The lowest BCUT2D eigenvalue weighted by Crippen LogP contribution is -2.11. The Morgan fingerprint density at radius 2 is 2.00 bits per heavy atom. The van der Waals surface area contributed by atoms with Crippen molar-refractivity contribution in [1.82, 2.24) is 0 Å². The Kier molecular flexibility index (Phi) is 6.03. The van der Waals surface area contributed by atoms with Crippen LogP contribution in [0.5, 0.6) is 0 Å². The number of nitrogens with zero attached hydrogens (tertiary/aromatic N) is 1. The zero-order valence-corrected chi connectivity index (χ0v) is 10.1. The Balaban J connectivity index is 2.48. The molecule has 0 aliphatic carbocycles. The predicted octanol–water partition coefficient (Wildman–Crippen LogP) is 1.63. The van der Waals surface area contributed by atoms with E-state index in [0.717, 1.165) is 24.1 Å². The molecule has 1 aromatic rings. The van der Waals surface area contributed by atoms with Gasteiger partial charge in [0.05, 0.1) is 0 Å². The zero-order chi connectivity index (χ0) is 13.2. The Morgan fingerprint density at radius 1 is 1.28 bits per heavy atom. The highest BCUT2D eigenvalue weighted by Crippen LogP contribution is 2.09. The van der Waals surface area contributed by atoms with Crippen molar-refractivity contribution in [2.75, 3.05) is 11.9 Å². The maximum absolute atomic E-state index is 11.5. The molecule has 92 valence electrons. The summed E-state index contributed by atoms with van der Waals surface area (Å²) >= 11 is 0. The molecule has 18 heavy (non-hydrogen) atoms. The van der Waals surface area contributed by atoms with Crippen molar-refractivity contribution in [3.63, 3.8) is 0 Å². The Hall–Kier alpha value is -2.30. The van der Waals surface area contributed by atoms with Gasteiger partial charge < -0.3 is 11.1 Å². The highest BCUT2D eigenvalue weighted by Gasteiger charge is 2.01. The number of nitrogens with two attached hydrogens (primary N) is 1. The van der Waals surface area contributed by atoms with Crippen LogP contribution in [0.2, 0.25) is 0 Å². The lowest BCUT2D eigenvalue weighted by molar-refractivity contribution is -0.116. The van der Waals surface area contributed by atoms with Crippen LogP contribution in [0, 0.1) is 23.2 Å². The van der Waals surface area contributed by atoms with Crippen LogP contribution in [0.15, 0.2) is 24.3 Å². The first-order valence-electron chi connectivity index (χ1n) is 5.76. The van der Waals surface area contributed by atoms with Crippen molar-refractivity contribution in [3.8, 4) is 17.9 Å². The van der Waals surface area contributed by atoms with Gasteiger partial charge in [-0.25, -0.2) is 0 Å². The van der Waals surface area contributed by atoms with Gasteiger partial charge in [-0.1, -0.05) is 5.92 Å². The zero-order valence-electron chi connectivity index (χ0n) is 10.1. The fourth-order valence-corrected chi connectivity index (χ4v) is 1.39. The number of nitrogens with one attached hydrogen (secondary N) is 1. The molecular weight excluding hydrogens is 226 g/mol. The van der Waals surface area contributed by atoms with E-state index in [4.69, 9.17) is 11.0 Å². The van der Waals surface area contributed by atoms with Gasteiger partial charge in [-0.2, -0.15) is 5.26 Å². The van der Waals surface area contributed by atoms with Crippen LogP contribution in [0.25, 0.3) is 0 Å². The molecule has 0 aliphatic rings. The van der Waals surface area contributed by atoms with Gasteiger partial charge in [-0.3, -0.25) is 4.79 Å². The number of hydrogen-bond acceptors (Lipinski definition) is 3. The molecule has 0 atom stereocenters. The van der Waals surface area contributed by atoms with Crippen molar-refractivity contribution in [3.05, 3.63) is 29.8 Å². The number of nitriles is 1. The van der Waals surface area contributed by atoms with Gasteiger partial charge in [0.2, 0.25) is 5.91 Å². The third kappa shape index (κ3) is 5.16. The molecule has 0 radical (unpaired) electrons. The summed E-state index contributed by atoms with van der Waals surface area (Å²) < 4.78 is 0. The normalized spacial score (nSPS) is 8.89. The topological polar surface area (TPSA) is 78.9 Å². The Labute approximate surface area is 107 Å². The minimum atomic E-state index is -0.0145. The lowest BCUT2D eigenvalue weighted by atomic mass is 10.2. The molecule has 0 fully saturated rings. The van der Waals surface area contributed by atoms with Crippen LogP contribution in [0.4, 0.5) is 5.69 Å². The van der Waals surface area contributed by atoms with Gasteiger partial charge in [0.1, 0.15) is 0 Å². The highest BCUT2D eigenvalue weighted by atomic mass is 16.1. The van der Waals surface area contributed by atoms with E-state index in [1.165, 1.54) is 0 Å². The molecule has 0 spiro atoms. The van der Waals surface area contributed by atoms with Crippen LogP contribution in [0.1, 0.15) is 24.8 Å². The number of anilines is 1. The minimum Gasteiger partial charge on any atom is -0.330 e. The van der Waals surface area contributed by atoms with Crippen molar-refractivity contribution in [2.45, 2.75) is 19.3 Å². The highest BCUT2D eigenvalue weighted by molar-refractivity contribution is 5.90. The molecule has 4 heteroatoms. The van der Waals surface area contributed by atoms with Gasteiger partial charge >= 0.3 is 0 Å².